The van der Waals surface area contributed by atoms with Crippen LogP contribution in [0.25, 0.3) is 16.3 Å². The highest BCUT2D eigenvalue weighted by Crippen LogP contribution is 2.34. The molecule has 3 aromatic rings. The number of H-pyrrole nitrogens is 1. The zero-order valence-corrected chi connectivity index (χ0v) is 14.9. The maximum absolute atomic E-state index is 12.5. The van der Waals surface area contributed by atoms with Crippen molar-refractivity contribution in [3.63, 3.8) is 0 Å². The van der Waals surface area contributed by atoms with Gasteiger partial charge in [-0.1, -0.05) is 54.2 Å². The van der Waals surface area contributed by atoms with Crippen LogP contribution < -0.4 is 5.56 Å². The third kappa shape index (κ3) is 3.19. The highest BCUT2D eigenvalue weighted by molar-refractivity contribution is 7.99. The molecule has 24 heavy (non-hydrogen) atoms. The Kier molecular flexibility index (Phi) is 4.54. The van der Waals surface area contributed by atoms with E-state index in [9.17, 15) is 4.79 Å². The zero-order chi connectivity index (χ0) is 16.4. The average Bonchev–Trinajstić information content (AvgIpc) is 2.98. The highest BCUT2D eigenvalue weighted by atomic mass is 32.2. The number of fused-ring (bicyclic) bond motifs is 3. The molecule has 1 aromatic carbocycles. The number of aromatic amines is 1. The van der Waals surface area contributed by atoms with Crippen LogP contribution in [0.5, 0.6) is 0 Å². The van der Waals surface area contributed by atoms with Gasteiger partial charge in [-0.15, -0.1) is 11.3 Å². The molecule has 5 heteroatoms. The van der Waals surface area contributed by atoms with E-state index < -0.39 is 0 Å². The summed E-state index contributed by atoms with van der Waals surface area (Å²) in [6.07, 6.45) is 8.71. The number of aromatic nitrogens is 2. The molecule has 0 saturated heterocycles. The van der Waals surface area contributed by atoms with Gasteiger partial charge in [-0.2, -0.15) is 0 Å². The van der Waals surface area contributed by atoms with Gasteiger partial charge in [0.25, 0.3) is 5.56 Å². The van der Waals surface area contributed by atoms with E-state index in [0.29, 0.717) is 5.16 Å². The minimum Gasteiger partial charge on any atom is -0.301 e. The van der Waals surface area contributed by atoms with Crippen LogP contribution in [-0.4, -0.2) is 15.7 Å². The first-order valence-corrected chi connectivity index (χ1v) is 10.0. The molecule has 0 unspecified atom stereocenters. The van der Waals surface area contributed by atoms with Crippen molar-refractivity contribution in [2.75, 3.05) is 5.75 Å². The summed E-state index contributed by atoms with van der Waals surface area (Å²) in [5.74, 6) is 0.786. The minimum absolute atomic E-state index is 0.0222. The molecule has 0 bridgehead atoms. The summed E-state index contributed by atoms with van der Waals surface area (Å²) < 4.78 is 0. The first-order valence-electron chi connectivity index (χ1n) is 8.20. The lowest BCUT2D eigenvalue weighted by molar-refractivity contribution is 0.700. The molecule has 0 fully saturated rings. The SMILES string of the molecule is O=c1[nH]c(SC/C=C\c2ccccc2)nc2sc3c(c12)CCCC3. The number of thiophene rings is 1. The maximum Gasteiger partial charge on any atom is 0.260 e. The van der Waals surface area contributed by atoms with Crippen LogP contribution in [0.2, 0.25) is 0 Å². The molecule has 3 nitrogen and oxygen atoms in total. The van der Waals surface area contributed by atoms with Crippen molar-refractivity contribution in [2.24, 2.45) is 0 Å². The molecule has 1 N–H and O–H groups in total. The number of nitrogens with zero attached hydrogens (tertiary/aromatic N) is 1. The quantitative estimate of drug-likeness (QED) is 0.547. The molecule has 0 spiro atoms. The Morgan fingerprint density at radius 3 is 2.92 bits per heavy atom. The van der Waals surface area contributed by atoms with E-state index in [-0.39, 0.29) is 5.56 Å². The van der Waals surface area contributed by atoms with Crippen LogP contribution in [0.3, 0.4) is 0 Å². The van der Waals surface area contributed by atoms with Crippen molar-refractivity contribution in [3.05, 3.63) is 62.8 Å². The first-order chi connectivity index (χ1) is 11.8. The molecule has 2 aromatic heterocycles. The van der Waals surface area contributed by atoms with Crippen LogP contribution in [0.4, 0.5) is 0 Å². The summed E-state index contributed by atoms with van der Waals surface area (Å²) in [4.78, 5) is 22.4. The normalized spacial score (nSPS) is 14.3. The zero-order valence-electron chi connectivity index (χ0n) is 13.2. The van der Waals surface area contributed by atoms with Crippen molar-refractivity contribution in [1.82, 2.24) is 9.97 Å². The second-order valence-corrected chi connectivity index (χ2v) is 7.98. The summed E-state index contributed by atoms with van der Waals surface area (Å²) in [7, 11) is 0. The Morgan fingerprint density at radius 2 is 2.04 bits per heavy atom. The van der Waals surface area contributed by atoms with E-state index >= 15 is 0 Å². The second kappa shape index (κ2) is 6.95. The van der Waals surface area contributed by atoms with Crippen LogP contribution in [0.15, 0.2) is 46.4 Å². The van der Waals surface area contributed by atoms with E-state index in [1.54, 1.807) is 23.1 Å². The van der Waals surface area contributed by atoms with Gasteiger partial charge < -0.3 is 4.98 Å². The molecular formula is C19H18N2OS2. The number of benzene rings is 1. The number of nitrogens with one attached hydrogen (secondary N) is 1. The van der Waals surface area contributed by atoms with Gasteiger partial charge in [-0.3, -0.25) is 4.79 Å². The van der Waals surface area contributed by atoms with Crippen LogP contribution in [0, 0.1) is 0 Å². The average molecular weight is 355 g/mol. The highest BCUT2D eigenvalue weighted by Gasteiger charge is 2.19. The predicted molar refractivity (Wildman–Crippen MR) is 103 cm³/mol. The summed E-state index contributed by atoms with van der Waals surface area (Å²) in [6.45, 7) is 0. The molecule has 2 heterocycles. The van der Waals surface area contributed by atoms with Crippen molar-refractivity contribution in [3.8, 4) is 0 Å². The minimum atomic E-state index is 0.0222. The molecule has 1 aliphatic carbocycles. The summed E-state index contributed by atoms with van der Waals surface area (Å²) in [5.41, 5.74) is 2.45. The number of thioether (sulfide) groups is 1. The Labute approximate surface area is 148 Å². The van der Waals surface area contributed by atoms with Crippen molar-refractivity contribution >= 4 is 39.4 Å². The van der Waals surface area contributed by atoms with Gasteiger partial charge in [0.05, 0.1) is 5.39 Å². The lowest BCUT2D eigenvalue weighted by atomic mass is 9.97. The first kappa shape index (κ1) is 15.7. The molecular weight excluding hydrogens is 336 g/mol. The molecule has 4 rings (SSSR count). The van der Waals surface area contributed by atoms with Crippen LogP contribution >= 0.6 is 23.1 Å². The van der Waals surface area contributed by atoms with Crippen molar-refractivity contribution in [1.29, 1.82) is 0 Å². The molecule has 0 aliphatic heterocycles. The molecule has 1 aliphatic rings. The lowest BCUT2D eigenvalue weighted by Crippen LogP contribution is -2.10. The second-order valence-electron chi connectivity index (χ2n) is 5.89. The van der Waals surface area contributed by atoms with E-state index in [2.05, 4.69) is 34.3 Å². The Morgan fingerprint density at radius 1 is 1.21 bits per heavy atom. The molecule has 0 amide bonds. The number of rotatable bonds is 4. The number of aryl methyl sites for hydroxylation is 2. The van der Waals surface area contributed by atoms with Crippen molar-refractivity contribution < 1.29 is 0 Å². The summed E-state index contributed by atoms with van der Waals surface area (Å²) in [6, 6.07) is 10.2. The largest absolute Gasteiger partial charge is 0.301 e. The van der Waals surface area contributed by atoms with E-state index in [4.69, 9.17) is 0 Å². The van der Waals surface area contributed by atoms with E-state index in [1.165, 1.54) is 28.8 Å². The lowest BCUT2D eigenvalue weighted by Gasteiger charge is -2.09. The van der Waals surface area contributed by atoms with Gasteiger partial charge in [0.2, 0.25) is 0 Å². The fourth-order valence-corrected chi connectivity index (χ4v) is 5.08. The van der Waals surface area contributed by atoms with Crippen LogP contribution in [-0.2, 0) is 12.8 Å². The fourth-order valence-electron chi connectivity index (χ4n) is 3.09. The standard InChI is InChI=1S/C19H18N2OS2/c22-17-16-14-10-4-5-11-15(14)24-18(16)21-19(20-17)23-12-6-9-13-7-2-1-3-8-13/h1-3,6-9H,4-5,10-12H2,(H,20,21,22)/b9-6-. The monoisotopic (exact) mass is 354 g/mol. The third-order valence-electron chi connectivity index (χ3n) is 4.23. The fraction of sp³-hybridized carbons (Fsp3) is 0.263. The van der Waals surface area contributed by atoms with Gasteiger partial charge in [-0.05, 0) is 36.8 Å². The van der Waals surface area contributed by atoms with Gasteiger partial charge in [0, 0.05) is 10.6 Å². The smallest absolute Gasteiger partial charge is 0.260 e. The predicted octanol–water partition coefficient (Wildman–Crippen LogP) is 4.67. The molecule has 0 radical (unpaired) electrons. The maximum atomic E-state index is 12.5. The van der Waals surface area contributed by atoms with Crippen LogP contribution in [0.1, 0.15) is 28.8 Å². The Bertz CT molecular complexity index is 941. The van der Waals surface area contributed by atoms with E-state index in [0.717, 1.165) is 28.8 Å². The molecule has 0 atom stereocenters. The Hall–Kier alpha value is -1.85. The van der Waals surface area contributed by atoms with Gasteiger partial charge in [-0.25, -0.2) is 4.98 Å². The van der Waals surface area contributed by atoms with Crippen molar-refractivity contribution in [2.45, 2.75) is 30.8 Å². The number of hydrogen-bond acceptors (Lipinski definition) is 4. The Balaban J connectivity index is 1.53. The topological polar surface area (TPSA) is 45.8 Å². The third-order valence-corrected chi connectivity index (χ3v) is 6.24. The van der Waals surface area contributed by atoms with Gasteiger partial charge in [0.1, 0.15) is 4.83 Å². The number of hydrogen-bond donors (Lipinski definition) is 1. The molecule has 0 saturated carbocycles. The summed E-state index contributed by atoms with van der Waals surface area (Å²) in [5, 5.41) is 1.54. The summed E-state index contributed by atoms with van der Waals surface area (Å²) >= 11 is 3.27. The van der Waals surface area contributed by atoms with Gasteiger partial charge in [0.15, 0.2) is 5.16 Å². The molecule has 122 valence electrons. The van der Waals surface area contributed by atoms with Gasteiger partial charge >= 0.3 is 0 Å². The van der Waals surface area contributed by atoms with E-state index in [1.807, 2.05) is 18.2 Å².